The second-order valence-corrected chi connectivity index (χ2v) is 6.64. The van der Waals surface area contributed by atoms with Crippen LogP contribution in [0.5, 0.6) is 0 Å². The molecule has 1 saturated carbocycles. The van der Waals surface area contributed by atoms with Crippen LogP contribution in [0.25, 0.3) is 0 Å². The summed E-state index contributed by atoms with van der Waals surface area (Å²) in [4.78, 5) is 24.2. The van der Waals surface area contributed by atoms with Crippen LogP contribution < -0.4 is 16.1 Å². The molecule has 22 heavy (non-hydrogen) atoms. The number of amides is 2. The first kappa shape index (κ1) is 15.4. The lowest BCUT2D eigenvalue weighted by Crippen LogP contribution is -2.44. The van der Waals surface area contributed by atoms with Crippen molar-refractivity contribution in [3.8, 4) is 0 Å². The Morgan fingerprint density at radius 2 is 1.95 bits per heavy atom. The van der Waals surface area contributed by atoms with Gasteiger partial charge in [0, 0.05) is 11.6 Å². The quantitative estimate of drug-likeness (QED) is 0.426. The molecular weight excluding hydrogens is 303 g/mol. The van der Waals surface area contributed by atoms with Gasteiger partial charge >= 0.3 is 0 Å². The normalized spacial score (nSPS) is 29.9. The monoisotopic (exact) mass is 322 g/mol. The number of ether oxygens (including phenoxy) is 1. The van der Waals surface area contributed by atoms with E-state index >= 15 is 0 Å². The molecule has 1 aliphatic heterocycles. The zero-order chi connectivity index (χ0) is 15.7. The van der Waals surface area contributed by atoms with Gasteiger partial charge in [-0.25, -0.2) is 5.48 Å². The highest BCUT2D eigenvalue weighted by atomic mass is 31.0. The molecule has 1 aromatic rings. The van der Waals surface area contributed by atoms with Crippen molar-refractivity contribution in [1.29, 1.82) is 0 Å². The van der Waals surface area contributed by atoms with E-state index in [9.17, 15) is 9.59 Å². The number of benzene rings is 1. The van der Waals surface area contributed by atoms with Gasteiger partial charge in [-0.1, -0.05) is 12.1 Å². The summed E-state index contributed by atoms with van der Waals surface area (Å²) < 4.78 is 5.62. The Morgan fingerprint density at radius 1 is 1.27 bits per heavy atom. The largest absolute Gasteiger partial charge is 0.375 e. The molecule has 2 amide bonds. The summed E-state index contributed by atoms with van der Waals surface area (Å²) in [5.41, 5.74) is 1.92. The summed E-state index contributed by atoms with van der Waals surface area (Å²) >= 11 is 0. The summed E-state index contributed by atoms with van der Waals surface area (Å²) in [5, 5.41) is 12.8. The summed E-state index contributed by atoms with van der Waals surface area (Å²) in [6, 6.07) is 6.81. The average Bonchev–Trinajstić information content (AvgIpc) is 2.87. The molecule has 3 N–H and O–H groups in total. The molecule has 1 aliphatic carbocycles. The average molecular weight is 322 g/mol. The zero-order valence-electron chi connectivity index (χ0n) is 12.0. The molecule has 1 spiro atoms. The third kappa shape index (κ3) is 2.86. The highest BCUT2D eigenvalue weighted by molar-refractivity contribution is 7.27. The second-order valence-electron chi connectivity index (χ2n) is 5.97. The van der Waals surface area contributed by atoms with E-state index in [1.807, 2.05) is 12.1 Å². The van der Waals surface area contributed by atoms with Crippen molar-refractivity contribution in [2.75, 3.05) is 6.61 Å². The Bertz CT molecular complexity index is 586. The molecule has 2 fully saturated rings. The number of hydrogen-bond donors (Lipinski definition) is 3. The Morgan fingerprint density at radius 3 is 2.50 bits per heavy atom. The van der Waals surface area contributed by atoms with E-state index in [0.29, 0.717) is 25.0 Å². The van der Waals surface area contributed by atoms with Crippen molar-refractivity contribution >= 4 is 26.4 Å². The fourth-order valence-corrected chi connectivity index (χ4v) is 3.47. The summed E-state index contributed by atoms with van der Waals surface area (Å²) in [6.07, 6.45) is 2.00. The number of carbonyl (C=O) groups excluding carboxylic acids is 2. The van der Waals surface area contributed by atoms with Gasteiger partial charge in [0.15, 0.2) is 0 Å². The van der Waals surface area contributed by atoms with Gasteiger partial charge in [0.25, 0.3) is 5.91 Å². The van der Waals surface area contributed by atoms with Crippen molar-refractivity contribution in [3.63, 3.8) is 0 Å². The van der Waals surface area contributed by atoms with Gasteiger partial charge in [0.05, 0.1) is 18.1 Å². The second kappa shape index (κ2) is 5.95. The van der Waals surface area contributed by atoms with Gasteiger partial charge in [-0.3, -0.25) is 14.8 Å². The number of rotatable bonds is 3. The van der Waals surface area contributed by atoms with Crippen molar-refractivity contribution in [2.24, 2.45) is 5.92 Å². The molecule has 4 atom stereocenters. The van der Waals surface area contributed by atoms with Crippen molar-refractivity contribution in [3.05, 3.63) is 29.8 Å². The van der Waals surface area contributed by atoms with E-state index in [1.165, 1.54) is 0 Å². The number of carbonyl (C=O) groups is 2. The maximum Gasteiger partial charge on any atom is 0.251 e. The van der Waals surface area contributed by atoms with Gasteiger partial charge in [0.1, 0.15) is 0 Å². The molecule has 3 rings (SSSR count). The zero-order valence-corrected chi connectivity index (χ0v) is 13.2. The van der Waals surface area contributed by atoms with Crippen molar-refractivity contribution in [1.82, 2.24) is 10.8 Å². The number of hydroxylamine groups is 1. The first-order chi connectivity index (χ1) is 10.5. The first-order valence-corrected chi connectivity index (χ1v) is 7.85. The standard InChI is InChI=1S/C15H19N2O4P/c18-13(9-1-3-10(22)4-2-9)16-12-8-15(5-6-21-15)7-11(12)14(19)17-20/h1-4,11-12,20H,5-8,22H2,(H,16,18)(H,17,19). The SMILES string of the molecule is O=C(NC1CC2(CCO2)CC1C(=O)NO)c1ccc(P)cc1. The van der Waals surface area contributed by atoms with Gasteiger partial charge in [-0.15, -0.1) is 9.24 Å². The van der Waals surface area contributed by atoms with Gasteiger partial charge in [0.2, 0.25) is 5.91 Å². The maximum absolute atomic E-state index is 12.3. The van der Waals surface area contributed by atoms with Gasteiger partial charge in [-0.2, -0.15) is 0 Å². The lowest BCUT2D eigenvalue weighted by Gasteiger charge is -2.38. The molecule has 1 heterocycles. The summed E-state index contributed by atoms with van der Waals surface area (Å²) in [7, 11) is 2.56. The van der Waals surface area contributed by atoms with E-state index < -0.39 is 11.8 Å². The molecule has 118 valence electrons. The molecule has 0 bridgehead atoms. The van der Waals surface area contributed by atoms with E-state index in [4.69, 9.17) is 9.94 Å². The lowest BCUT2D eigenvalue weighted by atomic mass is 9.92. The van der Waals surface area contributed by atoms with Crippen LogP contribution in [0.4, 0.5) is 0 Å². The van der Waals surface area contributed by atoms with Crippen LogP contribution in [0.2, 0.25) is 0 Å². The highest BCUT2D eigenvalue weighted by Gasteiger charge is 2.52. The smallest absolute Gasteiger partial charge is 0.251 e. The van der Waals surface area contributed by atoms with Crippen molar-refractivity contribution in [2.45, 2.75) is 30.9 Å². The third-order valence-electron chi connectivity index (χ3n) is 4.57. The Labute approximate surface area is 130 Å². The minimum Gasteiger partial charge on any atom is -0.375 e. The minimum atomic E-state index is -0.477. The predicted octanol–water partition coefficient (Wildman–Crippen LogP) is 0.360. The van der Waals surface area contributed by atoms with Gasteiger partial charge < -0.3 is 10.1 Å². The number of nitrogens with one attached hydrogen (secondary N) is 2. The fourth-order valence-electron chi connectivity index (χ4n) is 3.28. The molecule has 0 aromatic heterocycles. The molecule has 4 unspecified atom stereocenters. The predicted molar refractivity (Wildman–Crippen MR) is 83.0 cm³/mol. The summed E-state index contributed by atoms with van der Waals surface area (Å²) in [6.45, 7) is 0.684. The van der Waals surface area contributed by atoms with Crippen LogP contribution in [0, 0.1) is 5.92 Å². The lowest BCUT2D eigenvalue weighted by molar-refractivity contribution is -0.149. The molecule has 6 nitrogen and oxygen atoms in total. The van der Waals surface area contributed by atoms with E-state index in [0.717, 1.165) is 11.7 Å². The van der Waals surface area contributed by atoms with E-state index in [1.54, 1.807) is 17.6 Å². The molecule has 7 heteroatoms. The Balaban J connectivity index is 1.72. The Kier molecular flexibility index (Phi) is 4.17. The maximum atomic E-state index is 12.3. The van der Waals surface area contributed by atoms with Crippen LogP contribution in [-0.2, 0) is 9.53 Å². The third-order valence-corrected chi connectivity index (χ3v) is 4.96. The topological polar surface area (TPSA) is 87.7 Å². The van der Waals surface area contributed by atoms with Gasteiger partial charge in [-0.05, 0) is 36.7 Å². The summed E-state index contributed by atoms with van der Waals surface area (Å²) in [5.74, 6) is -1.17. The van der Waals surface area contributed by atoms with Crippen LogP contribution in [-0.4, -0.2) is 35.3 Å². The van der Waals surface area contributed by atoms with Crippen LogP contribution in [0.3, 0.4) is 0 Å². The first-order valence-electron chi connectivity index (χ1n) is 7.27. The van der Waals surface area contributed by atoms with E-state index in [-0.39, 0.29) is 17.6 Å². The van der Waals surface area contributed by atoms with Crippen molar-refractivity contribution < 1.29 is 19.5 Å². The number of hydrogen-bond acceptors (Lipinski definition) is 4. The highest BCUT2D eigenvalue weighted by Crippen LogP contribution is 2.45. The van der Waals surface area contributed by atoms with Crippen LogP contribution in [0.15, 0.2) is 24.3 Å². The minimum absolute atomic E-state index is 0.220. The van der Waals surface area contributed by atoms with E-state index in [2.05, 4.69) is 14.6 Å². The molecule has 1 saturated heterocycles. The Hall–Kier alpha value is -1.49. The molecule has 2 aliphatic rings. The van der Waals surface area contributed by atoms with Crippen LogP contribution in [0.1, 0.15) is 29.6 Å². The fraction of sp³-hybridized carbons (Fsp3) is 0.467. The molecular formula is C15H19N2O4P. The molecule has 0 radical (unpaired) electrons. The van der Waals surface area contributed by atoms with Crippen LogP contribution >= 0.6 is 9.24 Å². The molecule has 1 aromatic carbocycles.